The van der Waals surface area contributed by atoms with Crippen LogP contribution in [0.5, 0.6) is 0 Å². The average molecular weight is 247 g/mol. The third kappa shape index (κ3) is 2.68. The highest BCUT2D eigenvalue weighted by Crippen LogP contribution is 2.09. The lowest BCUT2D eigenvalue weighted by molar-refractivity contribution is -0.140. The fourth-order valence-corrected chi connectivity index (χ4v) is 1.59. The molecule has 0 fully saturated rings. The summed E-state index contributed by atoms with van der Waals surface area (Å²) in [5, 5.41) is 20.0. The Morgan fingerprint density at radius 3 is 2.78 bits per heavy atom. The van der Waals surface area contributed by atoms with Crippen LogP contribution in [0.2, 0.25) is 0 Å². The van der Waals surface area contributed by atoms with E-state index in [-0.39, 0.29) is 0 Å². The van der Waals surface area contributed by atoms with Gasteiger partial charge in [0.1, 0.15) is 6.04 Å². The molecular formula is C11H13N5O2. The maximum atomic E-state index is 10.9. The van der Waals surface area contributed by atoms with Crippen molar-refractivity contribution in [3.63, 3.8) is 0 Å². The Kier molecular flexibility index (Phi) is 3.61. The molecule has 1 unspecified atom stereocenters. The highest BCUT2D eigenvalue weighted by atomic mass is 16.4. The van der Waals surface area contributed by atoms with E-state index in [0.29, 0.717) is 12.2 Å². The van der Waals surface area contributed by atoms with E-state index >= 15 is 0 Å². The minimum Gasteiger partial charge on any atom is -0.480 e. The van der Waals surface area contributed by atoms with Gasteiger partial charge in [-0.3, -0.25) is 4.98 Å². The fourth-order valence-electron chi connectivity index (χ4n) is 1.59. The smallest absolute Gasteiger partial charge is 0.328 e. The number of hydrogen-bond donors (Lipinski definition) is 1. The van der Waals surface area contributed by atoms with Crippen LogP contribution in [-0.2, 0) is 17.6 Å². The molecule has 0 bridgehead atoms. The van der Waals surface area contributed by atoms with Crippen LogP contribution >= 0.6 is 0 Å². The third-order valence-electron chi connectivity index (χ3n) is 2.67. The second kappa shape index (κ2) is 5.35. The van der Waals surface area contributed by atoms with Gasteiger partial charge in [0, 0.05) is 18.8 Å². The first-order chi connectivity index (χ1) is 8.68. The summed E-state index contributed by atoms with van der Waals surface area (Å²) in [6.07, 6.45) is 4.78. The highest BCUT2D eigenvalue weighted by molar-refractivity contribution is 5.71. The summed E-state index contributed by atoms with van der Waals surface area (Å²) in [6, 6.07) is 3.07. The molecule has 0 spiro atoms. The van der Waals surface area contributed by atoms with Crippen molar-refractivity contribution in [1.82, 2.24) is 25.2 Å². The normalized spacial score (nSPS) is 12.3. The first kappa shape index (κ1) is 12.2. The maximum Gasteiger partial charge on any atom is 0.328 e. The number of carbonyl (C=O) groups is 1. The SMILES string of the molecule is CC(C(=O)O)n1nnnc1CCc1ccncc1. The number of hydrogen-bond acceptors (Lipinski definition) is 5. The molecule has 2 heterocycles. The molecule has 0 aliphatic heterocycles. The standard InChI is InChI=1S/C11H13N5O2/c1-8(11(17)18)16-10(13-14-15-16)3-2-9-4-6-12-7-5-9/h4-8H,2-3H2,1H3,(H,17,18). The lowest BCUT2D eigenvalue weighted by Crippen LogP contribution is -2.19. The Labute approximate surface area is 103 Å². The summed E-state index contributed by atoms with van der Waals surface area (Å²) in [5.74, 6) is -0.380. The van der Waals surface area contributed by atoms with E-state index in [1.165, 1.54) is 4.68 Å². The van der Waals surface area contributed by atoms with Gasteiger partial charge in [0.05, 0.1) is 0 Å². The molecule has 0 radical (unpaired) electrons. The molecule has 2 aromatic heterocycles. The van der Waals surface area contributed by atoms with Crippen LogP contribution in [0, 0.1) is 0 Å². The summed E-state index contributed by atoms with van der Waals surface area (Å²) in [6.45, 7) is 1.55. The molecule has 2 aromatic rings. The predicted octanol–water partition coefficient (Wildman–Crippen LogP) is 0.499. The molecule has 1 atom stereocenters. The average Bonchev–Trinajstić information content (AvgIpc) is 2.84. The Bertz CT molecular complexity index is 525. The number of tetrazole rings is 1. The Morgan fingerprint density at radius 2 is 2.11 bits per heavy atom. The Balaban J connectivity index is 2.07. The molecule has 0 saturated heterocycles. The van der Waals surface area contributed by atoms with Gasteiger partial charge in [0.15, 0.2) is 5.82 Å². The molecular weight excluding hydrogens is 234 g/mol. The van der Waals surface area contributed by atoms with Crippen LogP contribution in [0.25, 0.3) is 0 Å². The van der Waals surface area contributed by atoms with Gasteiger partial charge in [-0.1, -0.05) is 0 Å². The number of rotatable bonds is 5. The van der Waals surface area contributed by atoms with Crippen molar-refractivity contribution >= 4 is 5.97 Å². The van der Waals surface area contributed by atoms with Gasteiger partial charge >= 0.3 is 5.97 Å². The molecule has 0 amide bonds. The van der Waals surface area contributed by atoms with Crippen molar-refractivity contribution in [3.05, 3.63) is 35.9 Å². The Hall–Kier alpha value is -2.31. The number of aliphatic carboxylic acids is 1. The second-order valence-corrected chi connectivity index (χ2v) is 3.91. The second-order valence-electron chi connectivity index (χ2n) is 3.91. The minimum absolute atomic E-state index is 0.571. The lowest BCUT2D eigenvalue weighted by atomic mass is 10.1. The van der Waals surface area contributed by atoms with Crippen molar-refractivity contribution in [3.8, 4) is 0 Å². The van der Waals surface area contributed by atoms with E-state index in [4.69, 9.17) is 5.11 Å². The van der Waals surface area contributed by atoms with Crippen molar-refractivity contribution in [2.45, 2.75) is 25.8 Å². The molecule has 94 valence electrons. The fraction of sp³-hybridized carbons (Fsp3) is 0.364. The van der Waals surface area contributed by atoms with E-state index in [1.54, 1.807) is 19.3 Å². The summed E-state index contributed by atoms with van der Waals surface area (Å²) < 4.78 is 1.34. The van der Waals surface area contributed by atoms with Crippen molar-refractivity contribution < 1.29 is 9.90 Å². The topological polar surface area (TPSA) is 93.8 Å². The molecule has 0 aliphatic carbocycles. The minimum atomic E-state index is -0.951. The summed E-state index contributed by atoms with van der Waals surface area (Å²) in [5.41, 5.74) is 1.11. The van der Waals surface area contributed by atoms with Crippen LogP contribution < -0.4 is 0 Å². The predicted molar refractivity (Wildman–Crippen MR) is 61.8 cm³/mol. The Morgan fingerprint density at radius 1 is 1.39 bits per heavy atom. The maximum absolute atomic E-state index is 10.9. The monoisotopic (exact) mass is 247 g/mol. The van der Waals surface area contributed by atoms with E-state index in [9.17, 15) is 4.79 Å². The number of pyridine rings is 1. The van der Waals surface area contributed by atoms with E-state index < -0.39 is 12.0 Å². The third-order valence-corrected chi connectivity index (χ3v) is 2.67. The number of carboxylic acid groups (broad SMARTS) is 1. The molecule has 0 aromatic carbocycles. The van der Waals surface area contributed by atoms with Gasteiger partial charge in [-0.05, 0) is 41.5 Å². The van der Waals surface area contributed by atoms with E-state index in [0.717, 1.165) is 12.0 Å². The van der Waals surface area contributed by atoms with E-state index in [2.05, 4.69) is 20.5 Å². The number of nitrogens with zero attached hydrogens (tertiary/aromatic N) is 5. The highest BCUT2D eigenvalue weighted by Gasteiger charge is 2.18. The number of aryl methyl sites for hydroxylation is 2. The van der Waals surface area contributed by atoms with Crippen LogP contribution in [0.1, 0.15) is 24.4 Å². The van der Waals surface area contributed by atoms with Gasteiger partial charge in [0.25, 0.3) is 0 Å². The van der Waals surface area contributed by atoms with Gasteiger partial charge in [0.2, 0.25) is 0 Å². The summed E-state index contributed by atoms with van der Waals surface area (Å²) in [4.78, 5) is 14.8. The molecule has 2 rings (SSSR count). The van der Waals surface area contributed by atoms with Gasteiger partial charge in [-0.25, -0.2) is 9.48 Å². The number of aromatic nitrogens is 5. The lowest BCUT2D eigenvalue weighted by Gasteiger charge is -2.08. The zero-order valence-electron chi connectivity index (χ0n) is 9.89. The van der Waals surface area contributed by atoms with Crippen molar-refractivity contribution in [2.24, 2.45) is 0 Å². The molecule has 0 aliphatic rings. The van der Waals surface area contributed by atoms with Crippen LogP contribution in [0.15, 0.2) is 24.5 Å². The molecule has 1 N–H and O–H groups in total. The summed E-state index contributed by atoms with van der Waals surface area (Å²) >= 11 is 0. The summed E-state index contributed by atoms with van der Waals surface area (Å²) in [7, 11) is 0. The van der Waals surface area contributed by atoms with Crippen LogP contribution in [0.4, 0.5) is 0 Å². The first-order valence-electron chi connectivity index (χ1n) is 5.57. The zero-order chi connectivity index (χ0) is 13.0. The molecule has 7 nitrogen and oxygen atoms in total. The molecule has 7 heteroatoms. The number of carboxylic acids is 1. The first-order valence-corrected chi connectivity index (χ1v) is 5.57. The van der Waals surface area contributed by atoms with Gasteiger partial charge in [-0.2, -0.15) is 0 Å². The van der Waals surface area contributed by atoms with Crippen LogP contribution in [0.3, 0.4) is 0 Å². The molecule has 18 heavy (non-hydrogen) atoms. The van der Waals surface area contributed by atoms with Crippen molar-refractivity contribution in [1.29, 1.82) is 0 Å². The van der Waals surface area contributed by atoms with Crippen LogP contribution in [-0.4, -0.2) is 36.3 Å². The zero-order valence-corrected chi connectivity index (χ0v) is 9.89. The molecule has 0 saturated carbocycles. The largest absolute Gasteiger partial charge is 0.480 e. The van der Waals surface area contributed by atoms with Crippen molar-refractivity contribution in [2.75, 3.05) is 0 Å². The van der Waals surface area contributed by atoms with E-state index in [1.807, 2.05) is 12.1 Å². The van der Waals surface area contributed by atoms with Gasteiger partial charge < -0.3 is 5.11 Å². The quantitative estimate of drug-likeness (QED) is 0.826. The van der Waals surface area contributed by atoms with Gasteiger partial charge in [-0.15, -0.1) is 5.10 Å².